The molecule has 1 aliphatic heterocycles. The zero-order chi connectivity index (χ0) is 24.9. The van der Waals surface area contributed by atoms with Crippen LogP contribution < -0.4 is 10.5 Å². The van der Waals surface area contributed by atoms with Crippen LogP contribution in [-0.2, 0) is 21.8 Å². The van der Waals surface area contributed by atoms with E-state index in [1.54, 1.807) is 18.3 Å². The number of hydrogen-bond acceptors (Lipinski definition) is 7. The normalized spacial score (nSPS) is 21.4. The van der Waals surface area contributed by atoms with Gasteiger partial charge in [-0.1, -0.05) is 6.07 Å². The second-order valence-corrected chi connectivity index (χ2v) is 11.2. The Morgan fingerprint density at radius 1 is 1.18 bits per heavy atom. The summed E-state index contributed by atoms with van der Waals surface area (Å²) in [7, 11) is -2.65. The number of aliphatic imine (C=N–C) groups is 1. The van der Waals surface area contributed by atoms with Crippen molar-refractivity contribution < 1.29 is 26.3 Å². The number of benzene rings is 1. The molecule has 0 saturated heterocycles. The van der Waals surface area contributed by atoms with E-state index in [1.807, 2.05) is 0 Å². The van der Waals surface area contributed by atoms with Crippen LogP contribution in [0.5, 0.6) is 5.75 Å². The Bertz CT molecular complexity index is 1410. The minimum atomic E-state index is -4.17. The van der Waals surface area contributed by atoms with Gasteiger partial charge < -0.3 is 10.5 Å². The topological polar surface area (TPSA) is 108 Å². The van der Waals surface area contributed by atoms with Gasteiger partial charge in [0.25, 0.3) is 6.43 Å². The first kappa shape index (κ1) is 23.9. The van der Waals surface area contributed by atoms with E-state index in [0.717, 1.165) is 11.5 Å². The fourth-order valence-electron chi connectivity index (χ4n) is 3.93. The second-order valence-electron chi connectivity index (χ2n) is 8.69. The second kappa shape index (κ2) is 8.23. The summed E-state index contributed by atoms with van der Waals surface area (Å²) in [5, 5.41) is 0.758. The van der Waals surface area contributed by atoms with Gasteiger partial charge >= 0.3 is 0 Å². The summed E-state index contributed by atoms with van der Waals surface area (Å²) in [5.41, 5.74) is 4.17. The molecule has 0 amide bonds. The summed E-state index contributed by atoms with van der Waals surface area (Å²) in [6.45, 7) is 2.58. The Labute approximate surface area is 194 Å². The Balaban J connectivity index is 1.83. The molecule has 0 bridgehead atoms. The first-order chi connectivity index (χ1) is 15.9. The zero-order valence-corrected chi connectivity index (χ0v) is 19.5. The number of pyridine rings is 2. The average molecular weight is 493 g/mol. The van der Waals surface area contributed by atoms with Gasteiger partial charge in [0.15, 0.2) is 15.4 Å². The van der Waals surface area contributed by atoms with E-state index in [1.165, 1.54) is 39.3 Å². The molecule has 3 aromatic rings. The molecule has 1 atom stereocenters. The Hall–Kier alpha value is -3.21. The van der Waals surface area contributed by atoms with Gasteiger partial charge in [-0.15, -0.1) is 0 Å². The molecule has 1 aliphatic rings. The van der Waals surface area contributed by atoms with Crippen LogP contribution in [0.1, 0.15) is 30.7 Å². The molecule has 2 N–H and O–H groups in total. The lowest BCUT2D eigenvalue weighted by Gasteiger charge is -2.39. The standard InChI is InChI=1S/C23H23F3N4O3S/c1-22(2)21(27)30-23(20(25)26,12-34(22,31)32)16-8-13(4-5-17(16)24)9-18-19-14(6-7-28-18)10-15(33-3)11-29-19/h4-8,10-11,20H,9,12H2,1-3H3,(H2,27,30)/t23-/m1/s1. The van der Waals surface area contributed by atoms with Crippen LogP contribution in [0, 0.1) is 5.82 Å². The van der Waals surface area contributed by atoms with E-state index >= 15 is 0 Å². The van der Waals surface area contributed by atoms with Crippen molar-refractivity contribution in [2.24, 2.45) is 10.7 Å². The van der Waals surface area contributed by atoms with Crippen molar-refractivity contribution in [1.29, 1.82) is 0 Å². The van der Waals surface area contributed by atoms with E-state index in [0.29, 0.717) is 22.5 Å². The number of methoxy groups -OCH3 is 1. The fraction of sp³-hybridized carbons (Fsp3) is 0.348. The number of rotatable bonds is 5. The molecular weight excluding hydrogens is 469 g/mol. The molecule has 0 fully saturated rings. The molecule has 34 heavy (non-hydrogen) atoms. The molecule has 1 aromatic carbocycles. The van der Waals surface area contributed by atoms with E-state index in [4.69, 9.17) is 10.5 Å². The minimum Gasteiger partial charge on any atom is -0.495 e. The highest BCUT2D eigenvalue weighted by Gasteiger charge is 2.56. The highest BCUT2D eigenvalue weighted by atomic mass is 32.2. The lowest BCUT2D eigenvalue weighted by molar-refractivity contribution is 0.0622. The number of nitrogens with zero attached hydrogens (tertiary/aromatic N) is 3. The highest BCUT2D eigenvalue weighted by molar-refractivity contribution is 7.93. The lowest BCUT2D eigenvalue weighted by Crippen LogP contribution is -2.57. The van der Waals surface area contributed by atoms with Gasteiger partial charge in [-0.05, 0) is 43.7 Å². The largest absolute Gasteiger partial charge is 0.495 e. The van der Waals surface area contributed by atoms with Gasteiger partial charge in [0, 0.05) is 23.6 Å². The van der Waals surface area contributed by atoms with Crippen molar-refractivity contribution in [2.75, 3.05) is 12.9 Å². The number of halogens is 3. The summed E-state index contributed by atoms with van der Waals surface area (Å²) in [6.07, 6.45) is -0.0705. The highest BCUT2D eigenvalue weighted by Crippen LogP contribution is 2.42. The monoisotopic (exact) mass is 492 g/mol. The van der Waals surface area contributed by atoms with Crippen molar-refractivity contribution in [3.63, 3.8) is 0 Å². The Morgan fingerprint density at radius 2 is 1.91 bits per heavy atom. The predicted molar refractivity (Wildman–Crippen MR) is 122 cm³/mol. The first-order valence-electron chi connectivity index (χ1n) is 10.3. The summed E-state index contributed by atoms with van der Waals surface area (Å²) in [4.78, 5) is 12.6. The van der Waals surface area contributed by atoms with E-state index in [2.05, 4.69) is 15.0 Å². The molecule has 0 aliphatic carbocycles. The molecule has 0 saturated carbocycles. The summed E-state index contributed by atoms with van der Waals surface area (Å²) >= 11 is 0. The first-order valence-corrected chi connectivity index (χ1v) is 12.0. The summed E-state index contributed by atoms with van der Waals surface area (Å²) in [6, 6.07) is 7.19. The van der Waals surface area contributed by atoms with Crippen molar-refractivity contribution in [3.05, 3.63) is 65.4 Å². The number of fused-ring (bicyclic) bond motifs is 1. The van der Waals surface area contributed by atoms with Gasteiger partial charge in [-0.25, -0.2) is 21.6 Å². The molecule has 180 valence electrons. The van der Waals surface area contributed by atoms with Crippen molar-refractivity contribution in [3.8, 4) is 5.75 Å². The number of ether oxygens (including phenoxy) is 1. The molecule has 11 heteroatoms. The third-order valence-electron chi connectivity index (χ3n) is 6.24. The Kier molecular flexibility index (Phi) is 5.79. The van der Waals surface area contributed by atoms with Crippen LogP contribution in [0.2, 0.25) is 0 Å². The van der Waals surface area contributed by atoms with Crippen LogP contribution in [-0.4, -0.2) is 48.3 Å². The smallest absolute Gasteiger partial charge is 0.268 e. The number of aromatic nitrogens is 2. The van der Waals surface area contributed by atoms with Gasteiger partial charge in [0.05, 0.1) is 30.3 Å². The number of nitrogens with two attached hydrogens (primary N) is 1. The molecule has 0 unspecified atom stereocenters. The molecule has 4 rings (SSSR count). The van der Waals surface area contributed by atoms with Crippen LogP contribution in [0.15, 0.2) is 47.7 Å². The van der Waals surface area contributed by atoms with Gasteiger partial charge in [-0.2, -0.15) is 0 Å². The number of hydrogen-bond donors (Lipinski definition) is 1. The molecule has 7 nitrogen and oxygen atoms in total. The SMILES string of the molecule is COc1cnc2c(Cc3ccc(F)c([C@@]4(C(F)F)CS(=O)(=O)C(C)(C)C(N)=N4)c3)nccc2c1. The van der Waals surface area contributed by atoms with Crippen LogP contribution in [0.4, 0.5) is 13.2 Å². The molecule has 3 heterocycles. The van der Waals surface area contributed by atoms with E-state index in [9.17, 15) is 21.6 Å². The number of sulfone groups is 1. The lowest BCUT2D eigenvalue weighted by atomic mass is 9.89. The molecule has 0 radical (unpaired) electrons. The maximum Gasteiger partial charge on any atom is 0.268 e. The van der Waals surface area contributed by atoms with Crippen LogP contribution in [0.3, 0.4) is 0 Å². The third kappa shape index (κ3) is 3.77. The maximum absolute atomic E-state index is 14.9. The predicted octanol–water partition coefficient (Wildman–Crippen LogP) is 3.39. The molecule has 2 aromatic heterocycles. The maximum atomic E-state index is 14.9. The van der Waals surface area contributed by atoms with E-state index < -0.39 is 49.5 Å². The minimum absolute atomic E-state index is 0.140. The van der Waals surface area contributed by atoms with Crippen molar-refractivity contribution in [1.82, 2.24) is 9.97 Å². The van der Waals surface area contributed by atoms with Crippen molar-refractivity contribution in [2.45, 2.75) is 37.0 Å². The number of alkyl halides is 2. The van der Waals surface area contributed by atoms with Crippen molar-refractivity contribution >= 4 is 26.6 Å². The average Bonchev–Trinajstić information content (AvgIpc) is 2.78. The molecular formula is C23H23F3N4O3S. The van der Waals surface area contributed by atoms with Crippen LogP contribution >= 0.6 is 0 Å². The third-order valence-corrected chi connectivity index (χ3v) is 8.82. The van der Waals surface area contributed by atoms with Crippen LogP contribution in [0.25, 0.3) is 10.9 Å². The summed E-state index contributed by atoms with van der Waals surface area (Å²) < 4.78 is 73.0. The van der Waals surface area contributed by atoms with Gasteiger partial charge in [0.2, 0.25) is 0 Å². The van der Waals surface area contributed by atoms with E-state index in [-0.39, 0.29) is 6.42 Å². The fourth-order valence-corrected chi connectivity index (χ4v) is 5.58. The zero-order valence-electron chi connectivity index (χ0n) is 18.7. The number of amidine groups is 1. The quantitative estimate of drug-likeness (QED) is 0.585. The molecule has 0 spiro atoms. The summed E-state index contributed by atoms with van der Waals surface area (Å²) in [5.74, 6) is -1.99. The van der Waals surface area contributed by atoms with Gasteiger partial charge in [-0.3, -0.25) is 15.0 Å². The van der Waals surface area contributed by atoms with Gasteiger partial charge in [0.1, 0.15) is 22.1 Å². The Morgan fingerprint density at radius 3 is 2.56 bits per heavy atom.